The highest BCUT2D eigenvalue weighted by Crippen LogP contribution is 2.39. The summed E-state index contributed by atoms with van der Waals surface area (Å²) < 4.78 is 28.4. The third-order valence-electron chi connectivity index (χ3n) is 2.49. The standard InChI is InChI=1S/C9H14F2N2O/c1-13-9(5-12,7-2-3-7)6-14-4-8(10)11/h7-8,13H,2-4,6H2,1H3. The molecular weight excluding hydrogens is 190 g/mol. The molecule has 0 aromatic heterocycles. The molecule has 3 nitrogen and oxygen atoms in total. The molecule has 5 heteroatoms. The van der Waals surface area contributed by atoms with Crippen molar-refractivity contribution in [2.45, 2.75) is 24.8 Å². The number of hydrogen-bond acceptors (Lipinski definition) is 3. The van der Waals surface area contributed by atoms with Gasteiger partial charge < -0.3 is 10.1 Å². The van der Waals surface area contributed by atoms with Gasteiger partial charge in [0.15, 0.2) is 0 Å². The molecule has 0 heterocycles. The molecule has 80 valence electrons. The van der Waals surface area contributed by atoms with Crippen LogP contribution in [0, 0.1) is 17.2 Å². The first-order valence-corrected chi connectivity index (χ1v) is 4.60. The molecule has 0 radical (unpaired) electrons. The van der Waals surface area contributed by atoms with Crippen LogP contribution in [0.5, 0.6) is 0 Å². The zero-order valence-electron chi connectivity index (χ0n) is 8.09. The van der Waals surface area contributed by atoms with Gasteiger partial charge >= 0.3 is 0 Å². The number of nitrogens with zero attached hydrogens (tertiary/aromatic N) is 1. The molecule has 1 aliphatic rings. The van der Waals surface area contributed by atoms with E-state index in [1.165, 1.54) is 0 Å². The van der Waals surface area contributed by atoms with Crippen LogP contribution in [0.3, 0.4) is 0 Å². The van der Waals surface area contributed by atoms with Crippen LogP contribution in [0.4, 0.5) is 8.78 Å². The molecular formula is C9H14F2N2O. The topological polar surface area (TPSA) is 45.0 Å². The van der Waals surface area contributed by atoms with E-state index in [4.69, 9.17) is 10.00 Å². The van der Waals surface area contributed by atoms with Gasteiger partial charge in [-0.05, 0) is 25.8 Å². The Bertz CT molecular complexity index is 225. The Morgan fingerprint density at radius 1 is 1.64 bits per heavy atom. The Morgan fingerprint density at radius 2 is 2.29 bits per heavy atom. The molecule has 14 heavy (non-hydrogen) atoms. The van der Waals surface area contributed by atoms with Gasteiger partial charge in [0, 0.05) is 0 Å². The Labute approximate surface area is 82.0 Å². The van der Waals surface area contributed by atoms with Gasteiger partial charge in [-0.25, -0.2) is 8.78 Å². The van der Waals surface area contributed by atoms with Gasteiger partial charge in [-0.1, -0.05) is 0 Å². The summed E-state index contributed by atoms with van der Waals surface area (Å²) in [5.74, 6) is 0.246. The summed E-state index contributed by atoms with van der Waals surface area (Å²) in [6, 6.07) is 2.12. The third kappa shape index (κ3) is 2.63. The highest BCUT2D eigenvalue weighted by Gasteiger charge is 2.45. The molecule has 0 amide bonds. The second kappa shape index (κ2) is 4.67. The number of ether oxygens (including phenoxy) is 1. The average molecular weight is 204 g/mol. The number of likely N-dealkylation sites (N-methyl/N-ethyl adjacent to an activating group) is 1. The van der Waals surface area contributed by atoms with E-state index in [2.05, 4.69) is 11.4 Å². The number of rotatable bonds is 6. The molecule has 0 aromatic carbocycles. The Hall–Kier alpha value is -0.730. The summed E-state index contributed by atoms with van der Waals surface area (Å²) in [5, 5.41) is 11.8. The SMILES string of the molecule is CNC(C#N)(COCC(F)F)C1CC1. The molecule has 0 spiro atoms. The average Bonchev–Trinajstić information content (AvgIpc) is 2.96. The highest BCUT2D eigenvalue weighted by molar-refractivity contribution is 5.14. The third-order valence-corrected chi connectivity index (χ3v) is 2.49. The predicted octanol–water partition coefficient (Wildman–Crippen LogP) is 1.16. The molecule has 1 N–H and O–H groups in total. The van der Waals surface area contributed by atoms with Crippen molar-refractivity contribution in [2.24, 2.45) is 5.92 Å². The number of hydrogen-bond donors (Lipinski definition) is 1. The second-order valence-corrected chi connectivity index (χ2v) is 3.51. The highest BCUT2D eigenvalue weighted by atomic mass is 19.3. The maximum absolute atomic E-state index is 11.8. The molecule has 0 bridgehead atoms. The fraction of sp³-hybridized carbons (Fsp3) is 0.889. The van der Waals surface area contributed by atoms with E-state index in [0.29, 0.717) is 0 Å². The van der Waals surface area contributed by atoms with E-state index in [9.17, 15) is 8.78 Å². The second-order valence-electron chi connectivity index (χ2n) is 3.51. The Morgan fingerprint density at radius 3 is 2.64 bits per heavy atom. The zero-order chi connectivity index (χ0) is 10.6. The fourth-order valence-corrected chi connectivity index (χ4v) is 1.46. The lowest BCUT2D eigenvalue weighted by Gasteiger charge is -2.25. The number of halogens is 2. The minimum absolute atomic E-state index is 0.0367. The lowest BCUT2D eigenvalue weighted by atomic mass is 9.97. The lowest BCUT2D eigenvalue weighted by Crippen LogP contribution is -2.48. The van der Waals surface area contributed by atoms with Crippen molar-refractivity contribution in [3.63, 3.8) is 0 Å². The van der Waals surface area contributed by atoms with Crippen LogP contribution in [-0.4, -0.2) is 32.2 Å². The molecule has 1 fully saturated rings. The number of nitriles is 1. The van der Waals surface area contributed by atoms with Crippen LogP contribution in [0.2, 0.25) is 0 Å². The molecule has 1 saturated carbocycles. The number of nitrogens with one attached hydrogen (secondary N) is 1. The first-order chi connectivity index (χ1) is 6.64. The first kappa shape index (κ1) is 11.3. The van der Waals surface area contributed by atoms with E-state index < -0.39 is 18.6 Å². The van der Waals surface area contributed by atoms with Crippen LogP contribution < -0.4 is 5.32 Å². The van der Waals surface area contributed by atoms with Crippen molar-refractivity contribution in [3.05, 3.63) is 0 Å². The van der Waals surface area contributed by atoms with Gasteiger partial charge in [-0.2, -0.15) is 5.26 Å². The van der Waals surface area contributed by atoms with Gasteiger partial charge in [-0.3, -0.25) is 0 Å². The van der Waals surface area contributed by atoms with E-state index in [-0.39, 0.29) is 12.5 Å². The van der Waals surface area contributed by atoms with Crippen molar-refractivity contribution in [1.29, 1.82) is 5.26 Å². The largest absolute Gasteiger partial charge is 0.372 e. The molecule has 0 aromatic rings. The summed E-state index contributed by atoms with van der Waals surface area (Å²) in [5.41, 5.74) is -0.769. The van der Waals surface area contributed by atoms with Gasteiger partial charge in [-0.15, -0.1) is 0 Å². The van der Waals surface area contributed by atoms with Crippen LogP contribution in [0.15, 0.2) is 0 Å². The van der Waals surface area contributed by atoms with E-state index in [0.717, 1.165) is 12.8 Å². The molecule has 1 rings (SSSR count). The summed E-state index contributed by atoms with van der Waals surface area (Å²) in [4.78, 5) is 0. The van der Waals surface area contributed by atoms with Crippen molar-refractivity contribution < 1.29 is 13.5 Å². The Balaban J connectivity index is 2.40. The summed E-state index contributed by atoms with van der Waals surface area (Å²) in [7, 11) is 1.66. The molecule has 0 saturated heterocycles. The minimum Gasteiger partial charge on any atom is -0.372 e. The monoisotopic (exact) mass is 204 g/mol. The molecule has 1 aliphatic carbocycles. The summed E-state index contributed by atoms with van der Waals surface area (Å²) >= 11 is 0. The summed E-state index contributed by atoms with van der Waals surface area (Å²) in [6.45, 7) is -0.563. The van der Waals surface area contributed by atoms with Crippen molar-refractivity contribution >= 4 is 0 Å². The first-order valence-electron chi connectivity index (χ1n) is 4.60. The van der Waals surface area contributed by atoms with Crippen LogP contribution >= 0.6 is 0 Å². The fourth-order valence-electron chi connectivity index (χ4n) is 1.46. The van der Waals surface area contributed by atoms with Crippen molar-refractivity contribution in [3.8, 4) is 6.07 Å². The van der Waals surface area contributed by atoms with E-state index >= 15 is 0 Å². The maximum atomic E-state index is 11.8. The van der Waals surface area contributed by atoms with Gasteiger partial charge in [0.1, 0.15) is 12.1 Å². The van der Waals surface area contributed by atoms with Gasteiger partial charge in [0.05, 0.1) is 12.7 Å². The van der Waals surface area contributed by atoms with Crippen molar-refractivity contribution in [2.75, 3.05) is 20.3 Å². The van der Waals surface area contributed by atoms with Gasteiger partial charge in [0.25, 0.3) is 6.43 Å². The molecule has 1 atom stereocenters. The molecule has 1 unspecified atom stereocenters. The summed E-state index contributed by atoms with van der Waals surface area (Å²) in [6.07, 6.45) is -0.541. The van der Waals surface area contributed by atoms with Gasteiger partial charge in [0.2, 0.25) is 0 Å². The number of alkyl halides is 2. The lowest BCUT2D eigenvalue weighted by molar-refractivity contribution is -0.00150. The molecule has 0 aliphatic heterocycles. The van der Waals surface area contributed by atoms with Crippen LogP contribution in [0.25, 0.3) is 0 Å². The van der Waals surface area contributed by atoms with E-state index in [1.54, 1.807) is 7.05 Å². The van der Waals surface area contributed by atoms with Crippen molar-refractivity contribution in [1.82, 2.24) is 5.32 Å². The van der Waals surface area contributed by atoms with Crippen LogP contribution in [0.1, 0.15) is 12.8 Å². The minimum atomic E-state index is -2.47. The van der Waals surface area contributed by atoms with Crippen LogP contribution in [-0.2, 0) is 4.74 Å². The smallest absolute Gasteiger partial charge is 0.261 e. The van der Waals surface area contributed by atoms with E-state index in [1.807, 2.05) is 0 Å². The quantitative estimate of drug-likeness (QED) is 0.706. The predicted molar refractivity (Wildman–Crippen MR) is 47.0 cm³/mol. The normalized spacial score (nSPS) is 20.5. The Kier molecular flexibility index (Phi) is 3.78. The maximum Gasteiger partial charge on any atom is 0.261 e. The zero-order valence-corrected chi connectivity index (χ0v) is 8.09.